The number of carbonyl (C=O) groups is 1. The molecule has 0 atom stereocenters. The van der Waals surface area contributed by atoms with Crippen molar-refractivity contribution in [3.63, 3.8) is 0 Å². The van der Waals surface area contributed by atoms with Crippen molar-refractivity contribution in [1.82, 2.24) is 9.29 Å². The quantitative estimate of drug-likeness (QED) is 0.452. The molecule has 2 saturated carbocycles. The first-order chi connectivity index (χ1) is 18.5. The van der Waals surface area contributed by atoms with Crippen LogP contribution in [0.15, 0.2) is 46.2 Å². The summed E-state index contributed by atoms with van der Waals surface area (Å²) in [7, 11) is -3.90. The number of nitrogens with one attached hydrogen (secondary N) is 2. The van der Waals surface area contributed by atoms with Crippen LogP contribution in [-0.2, 0) is 10.0 Å². The number of nitrogens with zero attached hydrogens (tertiary/aromatic N) is 2. The summed E-state index contributed by atoms with van der Waals surface area (Å²) in [5, 5.41) is 11.7. The van der Waals surface area contributed by atoms with Crippen molar-refractivity contribution in [3.8, 4) is 0 Å². The highest BCUT2D eigenvalue weighted by Gasteiger charge is 2.44. The van der Waals surface area contributed by atoms with Gasteiger partial charge in [-0.15, -0.1) is 0 Å². The normalized spacial score (nSPS) is 20.6. The first kappa shape index (κ1) is 27.7. The Labute approximate surface area is 226 Å². The number of alkyl halides is 2. The van der Waals surface area contributed by atoms with Gasteiger partial charge in [-0.3, -0.25) is 9.59 Å². The second-order valence-corrected chi connectivity index (χ2v) is 12.7. The standard InChI is InChI=1S/C27H34F2N4O5S/c28-27(29)7-5-19(6-8-27)33-14-1-2-22(25(33)36)31-24(35)21-4-3-20(39(37,38)30-13-17-34)18-23(21)32-15-11-26(9-10-26)12-16-32/h1-4,14,18-19,30,34H,5-13,15-17H2,(H,31,35). The number of anilines is 2. The average molecular weight is 565 g/mol. The van der Waals surface area contributed by atoms with Crippen LogP contribution in [0.2, 0.25) is 0 Å². The number of aromatic nitrogens is 1. The lowest BCUT2D eigenvalue weighted by atomic mass is 9.92. The second-order valence-electron chi connectivity index (χ2n) is 11.0. The van der Waals surface area contributed by atoms with Gasteiger partial charge in [0.05, 0.1) is 22.8 Å². The zero-order valence-electron chi connectivity index (χ0n) is 21.7. The van der Waals surface area contributed by atoms with Crippen LogP contribution in [0.1, 0.15) is 67.8 Å². The fourth-order valence-electron chi connectivity index (χ4n) is 5.68. The van der Waals surface area contributed by atoms with Gasteiger partial charge in [0.25, 0.3) is 11.5 Å². The zero-order valence-corrected chi connectivity index (χ0v) is 22.5. The summed E-state index contributed by atoms with van der Waals surface area (Å²) in [4.78, 5) is 28.7. The maximum atomic E-state index is 13.6. The lowest BCUT2D eigenvalue weighted by molar-refractivity contribution is -0.0442. The van der Waals surface area contributed by atoms with E-state index >= 15 is 0 Å². The van der Waals surface area contributed by atoms with E-state index < -0.39 is 27.4 Å². The minimum atomic E-state index is -3.90. The third-order valence-electron chi connectivity index (χ3n) is 8.35. The van der Waals surface area contributed by atoms with Crippen LogP contribution in [0.5, 0.6) is 0 Å². The summed E-state index contributed by atoms with van der Waals surface area (Å²) in [5.41, 5.74) is 0.616. The molecule has 1 aromatic heterocycles. The number of aliphatic hydroxyl groups is 1. The number of benzene rings is 1. The van der Waals surface area contributed by atoms with E-state index in [2.05, 4.69) is 10.0 Å². The van der Waals surface area contributed by atoms with Crippen molar-refractivity contribution in [2.75, 3.05) is 36.5 Å². The van der Waals surface area contributed by atoms with E-state index in [1.165, 1.54) is 41.7 Å². The average Bonchev–Trinajstić information content (AvgIpc) is 3.67. The molecule has 12 heteroatoms. The fourth-order valence-corrected chi connectivity index (χ4v) is 6.72. The maximum Gasteiger partial charge on any atom is 0.274 e. The molecule has 1 aromatic carbocycles. The first-order valence-corrected chi connectivity index (χ1v) is 14.9. The predicted octanol–water partition coefficient (Wildman–Crippen LogP) is 3.50. The fraction of sp³-hybridized carbons (Fsp3) is 0.556. The van der Waals surface area contributed by atoms with E-state index in [1.807, 2.05) is 4.90 Å². The first-order valence-electron chi connectivity index (χ1n) is 13.4. The van der Waals surface area contributed by atoms with Gasteiger partial charge in [-0.1, -0.05) is 0 Å². The molecule has 1 saturated heterocycles. The molecule has 3 aliphatic rings. The lowest BCUT2D eigenvalue weighted by Crippen LogP contribution is -2.36. The van der Waals surface area contributed by atoms with Crippen molar-refractivity contribution in [2.24, 2.45) is 5.41 Å². The Bertz CT molecular complexity index is 1390. The van der Waals surface area contributed by atoms with Crippen LogP contribution in [0.4, 0.5) is 20.2 Å². The molecule has 0 bridgehead atoms. The number of sulfonamides is 1. The number of amides is 1. The number of halogens is 2. The number of hydrogen-bond acceptors (Lipinski definition) is 6. The smallest absolute Gasteiger partial charge is 0.274 e. The Morgan fingerprint density at radius 1 is 1.05 bits per heavy atom. The Hall–Kier alpha value is -2.83. The molecular weight excluding hydrogens is 530 g/mol. The second kappa shape index (κ2) is 10.6. The number of piperidine rings is 1. The number of aliphatic hydroxyl groups excluding tert-OH is 1. The Kier molecular flexibility index (Phi) is 7.55. The zero-order chi connectivity index (χ0) is 27.8. The van der Waals surface area contributed by atoms with Crippen molar-refractivity contribution in [3.05, 3.63) is 52.4 Å². The van der Waals surface area contributed by atoms with E-state index in [0.29, 0.717) is 24.2 Å². The molecule has 3 N–H and O–H groups in total. The maximum absolute atomic E-state index is 13.6. The molecule has 39 heavy (non-hydrogen) atoms. The molecular formula is C27H34F2N4O5S. The van der Waals surface area contributed by atoms with Gasteiger partial charge in [-0.05, 0) is 74.3 Å². The summed E-state index contributed by atoms with van der Waals surface area (Å²) < 4.78 is 56.5. The van der Waals surface area contributed by atoms with E-state index in [4.69, 9.17) is 5.11 Å². The van der Waals surface area contributed by atoms with Crippen LogP contribution in [0.3, 0.4) is 0 Å². The van der Waals surface area contributed by atoms with Gasteiger partial charge >= 0.3 is 0 Å². The Morgan fingerprint density at radius 2 is 1.74 bits per heavy atom. The number of hydrogen-bond donors (Lipinski definition) is 3. The van der Waals surface area contributed by atoms with E-state index in [9.17, 15) is 26.8 Å². The topological polar surface area (TPSA) is 121 Å². The Morgan fingerprint density at radius 3 is 2.38 bits per heavy atom. The highest BCUT2D eigenvalue weighted by molar-refractivity contribution is 7.89. The minimum absolute atomic E-state index is 0.0228. The molecule has 2 aliphatic carbocycles. The monoisotopic (exact) mass is 564 g/mol. The van der Waals surface area contributed by atoms with E-state index in [-0.39, 0.29) is 61.0 Å². The summed E-state index contributed by atoms with van der Waals surface area (Å²) >= 11 is 0. The molecule has 2 aromatic rings. The van der Waals surface area contributed by atoms with Crippen molar-refractivity contribution in [1.29, 1.82) is 0 Å². The van der Waals surface area contributed by atoms with Gasteiger partial charge in [-0.25, -0.2) is 21.9 Å². The van der Waals surface area contributed by atoms with Gasteiger partial charge in [-0.2, -0.15) is 0 Å². The van der Waals surface area contributed by atoms with E-state index in [0.717, 1.165) is 12.8 Å². The van der Waals surface area contributed by atoms with Crippen LogP contribution in [0, 0.1) is 5.41 Å². The highest BCUT2D eigenvalue weighted by atomic mass is 32.2. The van der Waals surface area contributed by atoms with Crippen LogP contribution >= 0.6 is 0 Å². The molecule has 1 spiro atoms. The Balaban J connectivity index is 1.42. The van der Waals surface area contributed by atoms with Crippen LogP contribution in [0.25, 0.3) is 0 Å². The number of carbonyl (C=O) groups excluding carboxylic acids is 1. The molecule has 2 heterocycles. The SMILES string of the molecule is O=C(Nc1cccn(C2CCC(F)(F)CC2)c1=O)c1ccc(S(=O)(=O)NCCO)cc1N1CCC2(CC1)CC2. The van der Waals surface area contributed by atoms with Gasteiger partial charge in [0.2, 0.25) is 15.9 Å². The van der Waals surface area contributed by atoms with Crippen molar-refractivity contribution >= 4 is 27.3 Å². The molecule has 9 nitrogen and oxygen atoms in total. The molecule has 3 fully saturated rings. The van der Waals surface area contributed by atoms with Crippen molar-refractivity contribution < 1.29 is 27.1 Å². The summed E-state index contributed by atoms with van der Waals surface area (Å²) in [5.74, 6) is -3.28. The molecule has 0 unspecified atom stereocenters. The lowest BCUT2D eigenvalue weighted by Gasteiger charge is -2.35. The van der Waals surface area contributed by atoms with Gasteiger partial charge < -0.3 is 19.9 Å². The van der Waals surface area contributed by atoms with Gasteiger partial charge in [0.1, 0.15) is 5.69 Å². The van der Waals surface area contributed by atoms with Gasteiger partial charge in [0.15, 0.2) is 0 Å². The molecule has 212 valence electrons. The largest absolute Gasteiger partial charge is 0.395 e. The summed E-state index contributed by atoms with van der Waals surface area (Å²) in [6.07, 6.45) is 5.61. The molecule has 1 amide bonds. The third-order valence-corrected chi connectivity index (χ3v) is 9.81. The minimum Gasteiger partial charge on any atom is -0.395 e. The third kappa shape index (κ3) is 6.02. The highest BCUT2D eigenvalue weighted by Crippen LogP contribution is 2.54. The molecule has 5 rings (SSSR count). The van der Waals surface area contributed by atoms with Gasteiger partial charge in [0, 0.05) is 44.7 Å². The summed E-state index contributed by atoms with van der Waals surface area (Å²) in [6, 6.07) is 6.94. The van der Waals surface area contributed by atoms with E-state index in [1.54, 1.807) is 12.3 Å². The van der Waals surface area contributed by atoms with Crippen LogP contribution in [-0.4, -0.2) is 56.2 Å². The molecule has 0 radical (unpaired) electrons. The van der Waals surface area contributed by atoms with Crippen LogP contribution < -0.4 is 20.5 Å². The number of rotatable bonds is 8. The predicted molar refractivity (Wildman–Crippen MR) is 143 cm³/mol. The number of pyridine rings is 1. The molecule has 1 aliphatic heterocycles. The van der Waals surface area contributed by atoms with Crippen molar-refractivity contribution in [2.45, 2.75) is 68.2 Å². The summed E-state index contributed by atoms with van der Waals surface area (Å²) in [6.45, 7) is 0.875.